The minimum absolute atomic E-state index is 0.0105. The van der Waals surface area contributed by atoms with Crippen LogP contribution in [0.1, 0.15) is 18.4 Å². The Hall–Kier alpha value is -2.11. The van der Waals surface area contributed by atoms with Crippen molar-refractivity contribution in [3.05, 3.63) is 17.7 Å². The molecule has 0 spiro atoms. The number of hydrogen-bond donors (Lipinski definition) is 1. The van der Waals surface area contributed by atoms with Crippen molar-refractivity contribution in [2.24, 2.45) is 0 Å². The van der Waals surface area contributed by atoms with Gasteiger partial charge in [-0.05, 0) is 19.2 Å². The highest BCUT2D eigenvalue weighted by atomic mass is 19.3. The summed E-state index contributed by atoms with van der Waals surface area (Å²) in [7, 11) is 1.64. The van der Waals surface area contributed by atoms with Crippen LogP contribution in [0, 0.1) is 11.3 Å². The molecule has 0 amide bonds. The average molecular weight is 353 g/mol. The first-order valence-corrected chi connectivity index (χ1v) is 8.20. The predicted molar refractivity (Wildman–Crippen MR) is 86.9 cm³/mol. The van der Waals surface area contributed by atoms with Crippen molar-refractivity contribution in [3.8, 4) is 17.6 Å². The summed E-state index contributed by atoms with van der Waals surface area (Å²) in [5.74, 6) is -2.79. The lowest BCUT2D eigenvalue weighted by Crippen LogP contribution is -2.52. The zero-order valence-electron chi connectivity index (χ0n) is 14.0. The number of halogens is 2. The Morgan fingerprint density at radius 3 is 2.80 bits per heavy atom. The highest BCUT2D eigenvalue weighted by Crippen LogP contribution is 2.40. The summed E-state index contributed by atoms with van der Waals surface area (Å²) >= 11 is 0. The van der Waals surface area contributed by atoms with Crippen molar-refractivity contribution in [2.75, 3.05) is 39.1 Å². The second-order valence-electron chi connectivity index (χ2n) is 6.47. The fraction of sp³-hybridized carbons (Fsp3) is 0.588. The predicted octanol–water partition coefficient (Wildman–Crippen LogP) is 2.03. The smallest absolute Gasteiger partial charge is 0.296 e. The van der Waals surface area contributed by atoms with E-state index in [1.165, 1.54) is 6.07 Å². The normalized spacial score (nSPS) is 26.2. The maximum atomic E-state index is 14.3. The van der Waals surface area contributed by atoms with E-state index in [0.717, 1.165) is 0 Å². The van der Waals surface area contributed by atoms with E-state index in [1.54, 1.807) is 18.0 Å². The molecule has 8 heteroatoms. The number of rotatable bonds is 4. The zero-order chi connectivity index (χ0) is 18.0. The van der Waals surface area contributed by atoms with Crippen LogP contribution in [-0.2, 0) is 4.74 Å². The molecule has 2 aliphatic heterocycles. The van der Waals surface area contributed by atoms with E-state index in [1.807, 2.05) is 6.07 Å². The van der Waals surface area contributed by atoms with Crippen LogP contribution in [0.4, 0.5) is 14.5 Å². The van der Waals surface area contributed by atoms with Gasteiger partial charge in [0, 0.05) is 19.4 Å². The van der Waals surface area contributed by atoms with Crippen molar-refractivity contribution in [1.29, 1.82) is 5.26 Å². The molecule has 25 heavy (non-hydrogen) atoms. The van der Waals surface area contributed by atoms with Crippen LogP contribution >= 0.6 is 0 Å². The minimum Gasteiger partial charge on any atom is -0.484 e. The summed E-state index contributed by atoms with van der Waals surface area (Å²) in [6, 6.07) is 5.01. The van der Waals surface area contributed by atoms with Crippen molar-refractivity contribution in [2.45, 2.75) is 31.0 Å². The quantitative estimate of drug-likeness (QED) is 0.834. The lowest BCUT2D eigenvalue weighted by Gasteiger charge is -2.36. The molecule has 0 aromatic heterocycles. The summed E-state index contributed by atoms with van der Waals surface area (Å²) in [4.78, 5) is 1.55. The molecular formula is C17H21F2N3O3. The fourth-order valence-electron chi connectivity index (χ4n) is 3.07. The summed E-state index contributed by atoms with van der Waals surface area (Å²) in [5.41, 5.74) is 6.01. The third kappa shape index (κ3) is 3.78. The van der Waals surface area contributed by atoms with Gasteiger partial charge in [0.25, 0.3) is 5.92 Å². The lowest BCUT2D eigenvalue weighted by molar-refractivity contribution is -0.135. The number of anilines is 1. The van der Waals surface area contributed by atoms with E-state index in [-0.39, 0.29) is 35.3 Å². The molecule has 0 aliphatic carbocycles. The van der Waals surface area contributed by atoms with Crippen LogP contribution in [0.25, 0.3) is 0 Å². The van der Waals surface area contributed by atoms with E-state index >= 15 is 0 Å². The van der Waals surface area contributed by atoms with Crippen molar-refractivity contribution >= 4 is 5.69 Å². The first-order valence-electron chi connectivity index (χ1n) is 8.20. The Morgan fingerprint density at radius 2 is 2.16 bits per heavy atom. The molecular weight excluding hydrogens is 332 g/mol. The van der Waals surface area contributed by atoms with Crippen LogP contribution in [0.15, 0.2) is 12.1 Å². The first kappa shape index (κ1) is 17.7. The molecule has 2 aliphatic rings. The number of benzene rings is 1. The van der Waals surface area contributed by atoms with Gasteiger partial charge >= 0.3 is 0 Å². The maximum absolute atomic E-state index is 14.3. The number of nitriles is 1. The second-order valence-corrected chi connectivity index (χ2v) is 6.47. The van der Waals surface area contributed by atoms with Crippen LogP contribution < -0.4 is 15.2 Å². The van der Waals surface area contributed by atoms with Gasteiger partial charge in [-0.3, -0.25) is 0 Å². The van der Waals surface area contributed by atoms with Gasteiger partial charge in [-0.1, -0.05) is 0 Å². The van der Waals surface area contributed by atoms with Crippen molar-refractivity contribution in [1.82, 2.24) is 4.90 Å². The topological polar surface area (TPSA) is 80.7 Å². The van der Waals surface area contributed by atoms with Crippen LogP contribution in [0.5, 0.6) is 11.5 Å². The van der Waals surface area contributed by atoms with E-state index in [0.29, 0.717) is 26.2 Å². The number of hydrogen-bond acceptors (Lipinski definition) is 6. The fourth-order valence-corrected chi connectivity index (χ4v) is 3.07. The summed E-state index contributed by atoms with van der Waals surface area (Å²) in [6.07, 6.45) is -0.694. The highest BCUT2D eigenvalue weighted by Gasteiger charge is 2.46. The minimum atomic E-state index is -3.03. The van der Waals surface area contributed by atoms with Crippen LogP contribution in [0.2, 0.25) is 0 Å². The van der Waals surface area contributed by atoms with Gasteiger partial charge < -0.3 is 24.8 Å². The molecule has 1 aromatic carbocycles. The number of nitrogen functional groups attached to an aromatic ring is 1. The van der Waals surface area contributed by atoms with Crippen molar-refractivity contribution in [3.63, 3.8) is 0 Å². The van der Waals surface area contributed by atoms with Crippen LogP contribution in [0.3, 0.4) is 0 Å². The number of nitrogens with two attached hydrogens (primary N) is 1. The van der Waals surface area contributed by atoms with E-state index in [9.17, 15) is 14.0 Å². The van der Waals surface area contributed by atoms with Gasteiger partial charge in [0.15, 0.2) is 17.6 Å². The summed E-state index contributed by atoms with van der Waals surface area (Å²) in [6.45, 7) is 1.08. The Balaban J connectivity index is 1.90. The van der Waals surface area contributed by atoms with E-state index in [2.05, 4.69) is 0 Å². The Bertz CT molecular complexity index is 672. The molecule has 2 saturated heterocycles. The number of alkyl halides is 2. The van der Waals surface area contributed by atoms with Gasteiger partial charge in [-0.2, -0.15) is 5.26 Å². The Kier molecular flexibility index (Phi) is 4.97. The zero-order valence-corrected chi connectivity index (χ0v) is 14.0. The van der Waals surface area contributed by atoms with Gasteiger partial charge in [-0.15, -0.1) is 0 Å². The monoisotopic (exact) mass is 353 g/mol. The molecule has 2 atom stereocenters. The molecule has 3 rings (SSSR count). The SMILES string of the molecule is CN1CCC(Oc2c(OC3CCOC3)ccc(N)c2C#N)C(F)(F)C1. The van der Waals surface area contributed by atoms with Gasteiger partial charge in [0.2, 0.25) is 0 Å². The molecule has 0 saturated carbocycles. The molecule has 2 heterocycles. The van der Waals surface area contributed by atoms with Crippen molar-refractivity contribution < 1.29 is 23.0 Å². The highest BCUT2D eigenvalue weighted by molar-refractivity contribution is 5.66. The molecule has 0 radical (unpaired) electrons. The van der Waals surface area contributed by atoms with Crippen LogP contribution in [-0.4, -0.2) is 56.4 Å². The number of nitrogens with zero attached hydrogens (tertiary/aromatic N) is 2. The molecule has 136 valence electrons. The van der Waals surface area contributed by atoms with Gasteiger partial charge in [0.05, 0.1) is 25.4 Å². The average Bonchev–Trinajstić information content (AvgIpc) is 3.05. The molecule has 0 bridgehead atoms. The Labute approximate surface area is 145 Å². The largest absolute Gasteiger partial charge is 0.484 e. The van der Waals surface area contributed by atoms with Gasteiger partial charge in [0.1, 0.15) is 17.7 Å². The second kappa shape index (κ2) is 7.02. The van der Waals surface area contributed by atoms with E-state index < -0.39 is 18.6 Å². The lowest BCUT2D eigenvalue weighted by atomic mass is 10.0. The molecule has 2 fully saturated rings. The Morgan fingerprint density at radius 1 is 1.36 bits per heavy atom. The van der Waals surface area contributed by atoms with E-state index in [4.69, 9.17) is 19.9 Å². The molecule has 6 nitrogen and oxygen atoms in total. The van der Waals surface area contributed by atoms with Gasteiger partial charge in [-0.25, -0.2) is 8.78 Å². The standard InChI is InChI=1S/C17H21F2N3O3/c1-22-6-4-15(17(18,19)10-22)25-16-12(8-20)13(21)2-3-14(16)24-11-5-7-23-9-11/h2-3,11,15H,4-7,9-10,21H2,1H3. The third-order valence-corrected chi connectivity index (χ3v) is 4.43. The molecule has 2 unspecified atom stereocenters. The molecule has 1 aromatic rings. The number of ether oxygens (including phenoxy) is 3. The number of piperidine rings is 1. The summed E-state index contributed by atoms with van der Waals surface area (Å²) < 4.78 is 45.4. The first-order chi connectivity index (χ1) is 11.9. The third-order valence-electron chi connectivity index (χ3n) is 4.43. The number of likely N-dealkylation sites (tertiary alicyclic amines) is 1. The summed E-state index contributed by atoms with van der Waals surface area (Å²) in [5, 5.41) is 9.40. The maximum Gasteiger partial charge on any atom is 0.296 e. The molecule has 2 N–H and O–H groups in total.